The van der Waals surface area contributed by atoms with E-state index in [1.165, 1.54) is 0 Å². The highest BCUT2D eigenvalue weighted by molar-refractivity contribution is 6.36. The molecule has 0 saturated carbocycles. The molecule has 0 bridgehead atoms. The predicted molar refractivity (Wildman–Crippen MR) is 84.1 cm³/mol. The van der Waals surface area contributed by atoms with E-state index in [2.05, 4.69) is 10.3 Å². The average Bonchev–Trinajstić information content (AvgIpc) is 2.33. The van der Waals surface area contributed by atoms with Crippen LogP contribution in [-0.4, -0.2) is 31.4 Å². The molecular weight excluding hydrogens is 317 g/mol. The van der Waals surface area contributed by atoms with Gasteiger partial charge in [0.15, 0.2) is 5.96 Å². The third-order valence-electron chi connectivity index (χ3n) is 1.99. The summed E-state index contributed by atoms with van der Waals surface area (Å²) in [6, 6.07) is 4.98. The van der Waals surface area contributed by atoms with Crippen LogP contribution in [0.1, 0.15) is 5.56 Å². The number of benzene rings is 1. The van der Waals surface area contributed by atoms with Crippen LogP contribution in [0.4, 0.5) is 0 Å². The highest BCUT2D eigenvalue weighted by atomic mass is 35.5. The van der Waals surface area contributed by atoms with Gasteiger partial charge in [0, 0.05) is 10.0 Å². The molecule has 0 heterocycles. The van der Waals surface area contributed by atoms with Gasteiger partial charge in [-0.3, -0.25) is 9.59 Å². The van der Waals surface area contributed by atoms with E-state index < -0.39 is 5.91 Å². The Hall–Kier alpha value is -1.83. The highest BCUT2D eigenvalue weighted by Crippen LogP contribution is 2.24. The van der Waals surface area contributed by atoms with Gasteiger partial charge in [0.25, 0.3) is 5.91 Å². The summed E-state index contributed by atoms with van der Waals surface area (Å²) in [6.07, 6.45) is -0.0175. The summed E-state index contributed by atoms with van der Waals surface area (Å²) in [5.41, 5.74) is 15.4. The van der Waals surface area contributed by atoms with E-state index in [0.717, 1.165) is 0 Å². The van der Waals surface area contributed by atoms with Gasteiger partial charge in [-0.1, -0.05) is 29.3 Å². The Morgan fingerprint density at radius 3 is 2.05 bits per heavy atom. The summed E-state index contributed by atoms with van der Waals surface area (Å²) in [7, 11) is 1.67. The summed E-state index contributed by atoms with van der Waals surface area (Å²) in [5, 5.41) is 3.43. The Bertz CT molecular complexity index is 510. The van der Waals surface area contributed by atoms with Gasteiger partial charge >= 0.3 is 0 Å². The largest absolute Gasteiger partial charge is 0.370 e. The molecule has 0 aliphatic carbocycles. The minimum absolute atomic E-state index is 0.0175. The number of primary amides is 1. The second kappa shape index (κ2) is 9.98. The molecule has 1 aromatic carbocycles. The van der Waals surface area contributed by atoms with E-state index in [9.17, 15) is 9.59 Å². The second-order valence-corrected chi connectivity index (χ2v) is 4.62. The Kier molecular flexibility index (Phi) is 9.11. The molecule has 0 radical (unpaired) electrons. The lowest BCUT2D eigenvalue weighted by atomic mass is 10.1. The molecule has 0 fully saturated rings. The van der Waals surface area contributed by atoms with Gasteiger partial charge in [0.05, 0.1) is 13.0 Å². The Morgan fingerprint density at radius 2 is 1.71 bits per heavy atom. The summed E-state index contributed by atoms with van der Waals surface area (Å²) in [4.78, 5) is 24.4. The zero-order valence-electron chi connectivity index (χ0n) is 11.4. The maximum Gasteiger partial charge on any atom is 0.253 e. The molecule has 0 aliphatic rings. The molecule has 7 nitrogen and oxygen atoms in total. The Balaban J connectivity index is 0.000000567. The molecule has 0 aromatic heterocycles. The molecule has 116 valence electrons. The number of nitrogens with zero attached hydrogens (tertiary/aromatic N) is 1. The van der Waals surface area contributed by atoms with Crippen molar-refractivity contribution in [3.63, 3.8) is 0 Å². The summed E-state index contributed by atoms with van der Waals surface area (Å²) in [6.45, 7) is 0.264. The molecule has 0 spiro atoms. The normalized spacial score (nSPS) is 9.29. The van der Waals surface area contributed by atoms with Crippen molar-refractivity contribution in [2.24, 2.45) is 22.2 Å². The molecule has 9 heteroatoms. The average molecular weight is 334 g/mol. The highest BCUT2D eigenvalue weighted by Gasteiger charge is 2.09. The van der Waals surface area contributed by atoms with E-state index in [0.29, 0.717) is 15.6 Å². The number of guanidine groups is 1. The smallest absolute Gasteiger partial charge is 0.253 e. The number of nitrogens with two attached hydrogens (primary N) is 3. The van der Waals surface area contributed by atoms with Crippen LogP contribution in [-0.2, 0) is 16.0 Å². The van der Waals surface area contributed by atoms with Crippen LogP contribution in [0.3, 0.4) is 0 Å². The lowest BCUT2D eigenvalue weighted by molar-refractivity contribution is -0.118. The van der Waals surface area contributed by atoms with Gasteiger partial charge in [-0.15, -0.1) is 0 Å². The minimum Gasteiger partial charge on any atom is -0.370 e. The van der Waals surface area contributed by atoms with Crippen molar-refractivity contribution in [2.45, 2.75) is 6.42 Å². The molecule has 1 aromatic rings. The molecule has 0 unspecified atom stereocenters. The number of likely N-dealkylation sites (N-methyl/N-ethyl adjacent to an activating group) is 1. The first kappa shape index (κ1) is 19.2. The fourth-order valence-corrected chi connectivity index (χ4v) is 1.74. The van der Waals surface area contributed by atoms with E-state index in [1.807, 2.05) is 0 Å². The summed E-state index contributed by atoms with van der Waals surface area (Å²) in [5.74, 6) is -1.08. The van der Waals surface area contributed by atoms with Gasteiger partial charge in [-0.05, 0) is 24.7 Å². The first-order valence-corrected chi connectivity index (χ1v) is 6.51. The Labute approximate surface area is 132 Å². The summed E-state index contributed by atoms with van der Waals surface area (Å²) < 4.78 is 0. The van der Waals surface area contributed by atoms with E-state index in [1.54, 1.807) is 25.2 Å². The van der Waals surface area contributed by atoms with Crippen LogP contribution in [0, 0.1) is 0 Å². The molecule has 0 atom stereocenters. The van der Waals surface area contributed by atoms with Crippen molar-refractivity contribution in [3.05, 3.63) is 33.8 Å². The number of amides is 2. The lowest BCUT2D eigenvalue weighted by Crippen LogP contribution is -2.25. The molecule has 2 amide bonds. The quantitative estimate of drug-likeness (QED) is 0.455. The van der Waals surface area contributed by atoms with E-state index in [4.69, 9.17) is 40.4 Å². The van der Waals surface area contributed by atoms with Crippen LogP contribution in [0.2, 0.25) is 10.0 Å². The number of carbonyl (C=O) groups is 2. The SMILES string of the molecule is CNCC(N)=O.NC(N)=NC(=O)Cc1c(Cl)cccc1Cl. The number of halogens is 2. The molecular formula is C12H17Cl2N5O2. The van der Waals surface area contributed by atoms with Gasteiger partial charge < -0.3 is 22.5 Å². The standard InChI is InChI=1S/C9H9Cl2N3O.C3H8N2O/c10-6-2-1-3-7(11)5(6)4-8(15)14-9(12)13;1-5-2-3(4)6/h1-3H,4H2,(H4,12,13,14,15);5H,2H2,1H3,(H2,4,6). The van der Waals surface area contributed by atoms with Crippen molar-refractivity contribution >= 4 is 41.0 Å². The maximum atomic E-state index is 11.3. The van der Waals surface area contributed by atoms with Crippen molar-refractivity contribution in [3.8, 4) is 0 Å². The van der Waals surface area contributed by atoms with Crippen LogP contribution in [0.25, 0.3) is 0 Å². The number of hydrogen-bond donors (Lipinski definition) is 4. The van der Waals surface area contributed by atoms with Crippen molar-refractivity contribution in [1.82, 2.24) is 5.32 Å². The van der Waals surface area contributed by atoms with Crippen molar-refractivity contribution < 1.29 is 9.59 Å². The molecule has 7 N–H and O–H groups in total. The first-order valence-electron chi connectivity index (χ1n) is 5.76. The van der Waals surface area contributed by atoms with E-state index >= 15 is 0 Å². The van der Waals surface area contributed by atoms with E-state index in [-0.39, 0.29) is 24.8 Å². The van der Waals surface area contributed by atoms with Crippen LogP contribution in [0.5, 0.6) is 0 Å². The second-order valence-electron chi connectivity index (χ2n) is 3.80. The van der Waals surface area contributed by atoms with Crippen molar-refractivity contribution in [1.29, 1.82) is 0 Å². The number of aliphatic imine (C=N–C) groups is 1. The Morgan fingerprint density at radius 1 is 1.19 bits per heavy atom. The minimum atomic E-state index is -0.481. The van der Waals surface area contributed by atoms with Crippen LogP contribution < -0.4 is 22.5 Å². The maximum absolute atomic E-state index is 11.3. The number of hydrogen-bond acceptors (Lipinski definition) is 3. The number of nitrogens with one attached hydrogen (secondary N) is 1. The van der Waals surface area contributed by atoms with Gasteiger partial charge in [-0.25, -0.2) is 0 Å². The van der Waals surface area contributed by atoms with Crippen molar-refractivity contribution in [2.75, 3.05) is 13.6 Å². The zero-order valence-corrected chi connectivity index (χ0v) is 12.9. The molecule has 0 saturated heterocycles. The zero-order chi connectivity index (χ0) is 16.4. The van der Waals surface area contributed by atoms with Gasteiger partial charge in [0.2, 0.25) is 5.91 Å². The number of carbonyl (C=O) groups excluding carboxylic acids is 2. The fourth-order valence-electron chi connectivity index (χ4n) is 1.21. The third kappa shape index (κ3) is 8.85. The molecule has 21 heavy (non-hydrogen) atoms. The first-order chi connectivity index (χ1) is 9.77. The lowest BCUT2D eigenvalue weighted by Gasteiger charge is -2.03. The van der Waals surface area contributed by atoms with Gasteiger partial charge in [-0.2, -0.15) is 4.99 Å². The van der Waals surface area contributed by atoms with Gasteiger partial charge in [0.1, 0.15) is 0 Å². The van der Waals surface area contributed by atoms with Crippen LogP contribution >= 0.6 is 23.2 Å². The fraction of sp³-hybridized carbons (Fsp3) is 0.250. The topological polar surface area (TPSA) is 137 Å². The predicted octanol–water partition coefficient (Wildman–Crippen LogP) is 0.0270. The number of rotatable bonds is 4. The molecule has 1 rings (SSSR count). The summed E-state index contributed by atoms with van der Waals surface area (Å²) >= 11 is 11.7. The third-order valence-corrected chi connectivity index (χ3v) is 2.70. The molecule has 0 aliphatic heterocycles. The van der Waals surface area contributed by atoms with Crippen LogP contribution in [0.15, 0.2) is 23.2 Å². The monoisotopic (exact) mass is 333 g/mol.